The fourth-order valence-electron chi connectivity index (χ4n) is 3.27. The minimum atomic E-state index is -2.89. The number of likely N-dealkylation sites (N-methyl/N-ethyl adjacent to an activating group) is 1. The number of aliphatic imine (C=N–C) groups is 1. The van der Waals surface area contributed by atoms with Crippen molar-refractivity contribution in [1.82, 2.24) is 4.90 Å². The highest BCUT2D eigenvalue weighted by atomic mass is 19.3. The molecule has 0 saturated heterocycles. The van der Waals surface area contributed by atoms with E-state index in [2.05, 4.69) is 17.9 Å². The van der Waals surface area contributed by atoms with Crippen LogP contribution < -0.4 is 15.2 Å². The predicted octanol–water partition coefficient (Wildman–Crippen LogP) is 4.26. The monoisotopic (exact) mass is 399 g/mol. The molecule has 0 aromatic heterocycles. The molecular formula is C22H23F2N3O2. The number of hydrogen-bond donors (Lipinski definition) is 1. The van der Waals surface area contributed by atoms with E-state index in [1.54, 1.807) is 30.2 Å². The predicted molar refractivity (Wildman–Crippen MR) is 109 cm³/mol. The van der Waals surface area contributed by atoms with Gasteiger partial charge in [0.1, 0.15) is 11.5 Å². The van der Waals surface area contributed by atoms with Crippen molar-refractivity contribution >= 4 is 5.96 Å². The van der Waals surface area contributed by atoms with Crippen LogP contribution in [0.2, 0.25) is 0 Å². The Morgan fingerprint density at radius 3 is 2.48 bits per heavy atom. The molecule has 0 spiro atoms. The average Bonchev–Trinajstić information content (AvgIpc) is 2.93. The van der Waals surface area contributed by atoms with Gasteiger partial charge in [-0.25, -0.2) is 4.99 Å². The second-order valence-electron chi connectivity index (χ2n) is 6.54. The van der Waals surface area contributed by atoms with Crippen molar-refractivity contribution < 1.29 is 18.3 Å². The highest BCUT2D eigenvalue weighted by Crippen LogP contribution is 2.45. The Balaban J connectivity index is 2.06. The molecule has 0 fully saturated rings. The zero-order chi connectivity index (χ0) is 21.0. The number of halogens is 2. The molecule has 0 radical (unpaired) electrons. The molecule has 2 aromatic carbocycles. The van der Waals surface area contributed by atoms with Gasteiger partial charge in [0.05, 0.1) is 12.3 Å². The summed E-state index contributed by atoms with van der Waals surface area (Å²) in [5.41, 5.74) is 7.26. The number of rotatable bonds is 8. The number of benzene rings is 2. The molecule has 7 heteroatoms. The number of ether oxygens (including phenoxy) is 2. The molecule has 1 atom stereocenters. The van der Waals surface area contributed by atoms with E-state index in [9.17, 15) is 8.78 Å². The van der Waals surface area contributed by atoms with Crippen molar-refractivity contribution in [3.05, 3.63) is 84.6 Å². The Morgan fingerprint density at radius 1 is 1.17 bits per heavy atom. The quantitative estimate of drug-likeness (QED) is 0.532. The topological polar surface area (TPSA) is 60.1 Å². The van der Waals surface area contributed by atoms with Crippen LogP contribution in [0.4, 0.5) is 8.78 Å². The molecule has 1 heterocycles. The first-order valence-electron chi connectivity index (χ1n) is 9.06. The van der Waals surface area contributed by atoms with Crippen LogP contribution in [-0.2, 0) is 5.54 Å². The van der Waals surface area contributed by atoms with E-state index in [4.69, 9.17) is 15.5 Å². The van der Waals surface area contributed by atoms with E-state index >= 15 is 0 Å². The lowest BCUT2D eigenvalue weighted by Gasteiger charge is -2.30. The van der Waals surface area contributed by atoms with Crippen molar-refractivity contribution in [2.75, 3.05) is 13.7 Å². The smallest absolute Gasteiger partial charge is 0.387 e. The zero-order valence-electron chi connectivity index (χ0n) is 16.1. The molecule has 2 aromatic rings. The summed E-state index contributed by atoms with van der Waals surface area (Å²) in [5, 5.41) is 0. The minimum absolute atomic E-state index is 0.0642. The molecule has 1 unspecified atom stereocenters. The summed E-state index contributed by atoms with van der Waals surface area (Å²) in [6, 6.07) is 13.8. The number of nitrogens with two attached hydrogens (primary N) is 1. The molecule has 2 N–H and O–H groups in total. The maximum atomic E-state index is 12.5. The molecule has 29 heavy (non-hydrogen) atoms. The number of hydrogen-bond acceptors (Lipinski definition) is 5. The summed E-state index contributed by atoms with van der Waals surface area (Å²) >= 11 is 0. The van der Waals surface area contributed by atoms with E-state index in [0.717, 1.165) is 17.5 Å². The van der Waals surface area contributed by atoms with Crippen LogP contribution in [0, 0.1) is 0 Å². The van der Waals surface area contributed by atoms with Gasteiger partial charge in [0, 0.05) is 7.05 Å². The van der Waals surface area contributed by atoms with Crippen LogP contribution in [0.1, 0.15) is 17.5 Å². The molecule has 0 aliphatic carbocycles. The fraction of sp³-hybridized carbons (Fsp3) is 0.227. The Morgan fingerprint density at radius 2 is 1.90 bits per heavy atom. The fourth-order valence-corrected chi connectivity index (χ4v) is 3.27. The third-order valence-electron chi connectivity index (χ3n) is 4.79. The molecule has 0 saturated carbocycles. The first-order valence-corrected chi connectivity index (χ1v) is 9.06. The second-order valence-corrected chi connectivity index (χ2v) is 6.54. The van der Waals surface area contributed by atoms with Crippen LogP contribution in [0.3, 0.4) is 0 Å². The van der Waals surface area contributed by atoms with Gasteiger partial charge in [0.2, 0.25) is 0 Å². The van der Waals surface area contributed by atoms with Gasteiger partial charge >= 0.3 is 6.61 Å². The van der Waals surface area contributed by atoms with Gasteiger partial charge in [-0.3, -0.25) is 0 Å². The van der Waals surface area contributed by atoms with Gasteiger partial charge in [-0.15, -0.1) is 6.58 Å². The maximum Gasteiger partial charge on any atom is 0.387 e. The largest absolute Gasteiger partial charge is 0.493 e. The summed E-state index contributed by atoms with van der Waals surface area (Å²) in [6.45, 7) is 5.50. The molecule has 0 amide bonds. The summed E-state index contributed by atoms with van der Waals surface area (Å²) in [4.78, 5) is 6.41. The summed E-state index contributed by atoms with van der Waals surface area (Å²) in [5.74, 6) is 1.05. The minimum Gasteiger partial charge on any atom is -0.493 e. The van der Waals surface area contributed by atoms with Crippen molar-refractivity contribution in [2.45, 2.75) is 18.6 Å². The summed E-state index contributed by atoms with van der Waals surface area (Å²) in [7, 11) is 1.78. The molecule has 5 nitrogen and oxygen atoms in total. The SMILES string of the molecule is C=CCCOc1cccc(C2(c3ccc(OC(F)F)cc3)N=C(N)N(C)C2=C)c1. The van der Waals surface area contributed by atoms with Crippen LogP contribution in [0.15, 0.2) is 78.5 Å². The standard InChI is InChI=1S/C22H23F2N3O2/c1-4-5-13-28-19-8-6-7-17(14-19)22(15(2)27(3)21(25)26-22)16-9-11-18(12-10-16)29-20(23)24/h4,6-12,14,20H,1-2,5,13H2,3H3,(H2,25,26). The molecule has 3 rings (SSSR count). The molecular weight excluding hydrogens is 376 g/mol. The molecule has 1 aliphatic rings. The van der Waals surface area contributed by atoms with E-state index in [1.807, 2.05) is 24.3 Å². The van der Waals surface area contributed by atoms with Crippen molar-refractivity contribution in [2.24, 2.45) is 10.7 Å². The highest BCUT2D eigenvalue weighted by molar-refractivity contribution is 5.85. The third kappa shape index (κ3) is 3.94. The number of nitrogens with zero attached hydrogens (tertiary/aromatic N) is 2. The van der Waals surface area contributed by atoms with Gasteiger partial charge in [0.25, 0.3) is 0 Å². The van der Waals surface area contributed by atoms with Gasteiger partial charge in [0.15, 0.2) is 11.5 Å². The van der Waals surface area contributed by atoms with Gasteiger partial charge in [-0.05, 0) is 41.8 Å². The van der Waals surface area contributed by atoms with E-state index in [0.29, 0.717) is 24.0 Å². The molecule has 152 valence electrons. The van der Waals surface area contributed by atoms with Gasteiger partial charge in [-0.1, -0.05) is 36.9 Å². The second kappa shape index (κ2) is 8.34. The van der Waals surface area contributed by atoms with Crippen LogP contribution in [0.5, 0.6) is 11.5 Å². The van der Waals surface area contributed by atoms with Crippen LogP contribution in [-0.4, -0.2) is 31.1 Å². The van der Waals surface area contributed by atoms with E-state index < -0.39 is 12.2 Å². The van der Waals surface area contributed by atoms with Gasteiger partial charge in [-0.2, -0.15) is 8.78 Å². The lowest BCUT2D eigenvalue weighted by molar-refractivity contribution is -0.0498. The first kappa shape index (κ1) is 20.4. The van der Waals surface area contributed by atoms with Crippen molar-refractivity contribution in [3.8, 4) is 11.5 Å². The first-order chi connectivity index (χ1) is 13.9. The Hall–Kier alpha value is -3.35. The van der Waals surface area contributed by atoms with Gasteiger partial charge < -0.3 is 20.1 Å². The van der Waals surface area contributed by atoms with Crippen molar-refractivity contribution in [1.29, 1.82) is 0 Å². The average molecular weight is 399 g/mol. The highest BCUT2D eigenvalue weighted by Gasteiger charge is 2.44. The Bertz CT molecular complexity index is 928. The molecule has 0 bridgehead atoms. The number of alkyl halides is 2. The van der Waals surface area contributed by atoms with Crippen LogP contribution in [0.25, 0.3) is 0 Å². The Kier molecular flexibility index (Phi) is 5.87. The zero-order valence-corrected chi connectivity index (χ0v) is 16.1. The summed E-state index contributed by atoms with van der Waals surface area (Å²) < 4.78 is 35.2. The van der Waals surface area contributed by atoms with E-state index in [-0.39, 0.29) is 5.75 Å². The maximum absolute atomic E-state index is 12.5. The van der Waals surface area contributed by atoms with Crippen LogP contribution >= 0.6 is 0 Å². The normalized spacial score (nSPS) is 18.7. The lowest BCUT2D eigenvalue weighted by atomic mass is 9.81. The summed E-state index contributed by atoms with van der Waals surface area (Å²) in [6.07, 6.45) is 2.51. The van der Waals surface area contributed by atoms with Crippen molar-refractivity contribution in [3.63, 3.8) is 0 Å². The number of guanidine groups is 1. The Labute approximate surface area is 168 Å². The van der Waals surface area contributed by atoms with E-state index in [1.165, 1.54) is 12.1 Å². The third-order valence-corrected chi connectivity index (χ3v) is 4.79. The molecule has 1 aliphatic heterocycles. The lowest BCUT2D eigenvalue weighted by Crippen LogP contribution is -2.32.